The molecule has 0 aromatic heterocycles. The molecule has 0 saturated heterocycles. The van der Waals surface area contributed by atoms with Gasteiger partial charge < -0.3 is 21.0 Å². The van der Waals surface area contributed by atoms with E-state index in [9.17, 15) is 13.6 Å². The van der Waals surface area contributed by atoms with E-state index in [1.807, 2.05) is 0 Å². The standard InChI is InChI=1S/C12H15F2N3O3/c1-12(2,9(15)17-19)10(18)16-7-5-3-4-6-8(7)20-11(13)14/h3-6,11,19H,1-2H3,(H2,15,17)(H,16,18). The molecule has 1 amide bonds. The van der Waals surface area contributed by atoms with Crippen molar-refractivity contribution in [2.24, 2.45) is 16.3 Å². The van der Waals surface area contributed by atoms with Crippen molar-refractivity contribution in [1.82, 2.24) is 0 Å². The number of carbonyl (C=O) groups is 1. The van der Waals surface area contributed by atoms with Crippen LogP contribution in [-0.2, 0) is 4.79 Å². The van der Waals surface area contributed by atoms with Gasteiger partial charge in [-0.25, -0.2) is 0 Å². The third-order valence-corrected chi connectivity index (χ3v) is 2.67. The van der Waals surface area contributed by atoms with Crippen LogP contribution in [0.15, 0.2) is 29.4 Å². The van der Waals surface area contributed by atoms with Crippen molar-refractivity contribution in [1.29, 1.82) is 0 Å². The number of nitrogens with one attached hydrogen (secondary N) is 1. The van der Waals surface area contributed by atoms with Gasteiger partial charge in [0.25, 0.3) is 0 Å². The lowest BCUT2D eigenvalue weighted by atomic mass is 9.91. The summed E-state index contributed by atoms with van der Waals surface area (Å²) in [5.74, 6) is -1.11. The number of para-hydroxylation sites is 2. The van der Waals surface area contributed by atoms with Crippen molar-refractivity contribution in [3.8, 4) is 5.75 Å². The fourth-order valence-corrected chi connectivity index (χ4v) is 1.29. The van der Waals surface area contributed by atoms with Crippen molar-refractivity contribution in [2.75, 3.05) is 5.32 Å². The smallest absolute Gasteiger partial charge is 0.387 e. The zero-order valence-corrected chi connectivity index (χ0v) is 10.9. The Bertz CT molecular complexity index is 518. The maximum absolute atomic E-state index is 12.2. The van der Waals surface area contributed by atoms with Crippen molar-refractivity contribution in [2.45, 2.75) is 20.5 Å². The topological polar surface area (TPSA) is 96.9 Å². The molecule has 20 heavy (non-hydrogen) atoms. The van der Waals surface area contributed by atoms with Gasteiger partial charge in [0.15, 0.2) is 5.84 Å². The second-order valence-corrected chi connectivity index (χ2v) is 4.44. The van der Waals surface area contributed by atoms with E-state index in [1.165, 1.54) is 32.0 Å². The fraction of sp³-hybridized carbons (Fsp3) is 0.333. The summed E-state index contributed by atoms with van der Waals surface area (Å²) < 4.78 is 28.8. The Balaban J connectivity index is 2.97. The molecule has 0 spiro atoms. The maximum atomic E-state index is 12.2. The molecular weight excluding hydrogens is 272 g/mol. The lowest BCUT2D eigenvalue weighted by molar-refractivity contribution is -0.121. The third kappa shape index (κ3) is 3.56. The fourth-order valence-electron chi connectivity index (χ4n) is 1.29. The highest BCUT2D eigenvalue weighted by molar-refractivity contribution is 6.11. The number of carbonyl (C=O) groups excluding carboxylic acids is 1. The Labute approximate surface area is 114 Å². The van der Waals surface area contributed by atoms with Crippen molar-refractivity contribution < 1.29 is 23.5 Å². The lowest BCUT2D eigenvalue weighted by Gasteiger charge is -2.22. The molecule has 0 radical (unpaired) electrons. The van der Waals surface area contributed by atoms with E-state index >= 15 is 0 Å². The average molecular weight is 287 g/mol. The van der Waals surface area contributed by atoms with E-state index in [0.717, 1.165) is 0 Å². The molecule has 0 aliphatic rings. The van der Waals surface area contributed by atoms with Crippen LogP contribution in [0, 0.1) is 5.41 Å². The summed E-state index contributed by atoms with van der Waals surface area (Å²) in [6, 6.07) is 5.72. The van der Waals surface area contributed by atoms with Crippen LogP contribution in [0.5, 0.6) is 5.75 Å². The second kappa shape index (κ2) is 6.18. The van der Waals surface area contributed by atoms with Crippen LogP contribution in [0.3, 0.4) is 0 Å². The average Bonchev–Trinajstić information content (AvgIpc) is 2.39. The largest absolute Gasteiger partial charge is 0.433 e. The molecule has 6 nitrogen and oxygen atoms in total. The first-order valence-electron chi connectivity index (χ1n) is 5.62. The number of amidine groups is 1. The number of benzene rings is 1. The molecule has 1 aromatic carbocycles. The Morgan fingerprint density at radius 1 is 1.45 bits per heavy atom. The number of hydrogen-bond donors (Lipinski definition) is 3. The number of nitrogens with two attached hydrogens (primary N) is 1. The van der Waals surface area contributed by atoms with E-state index in [4.69, 9.17) is 10.9 Å². The zero-order chi connectivity index (χ0) is 15.3. The number of hydrogen-bond acceptors (Lipinski definition) is 4. The van der Waals surface area contributed by atoms with Gasteiger partial charge in [-0.05, 0) is 26.0 Å². The van der Waals surface area contributed by atoms with Gasteiger partial charge >= 0.3 is 6.61 Å². The minimum Gasteiger partial charge on any atom is -0.433 e. The van der Waals surface area contributed by atoms with Crippen LogP contribution in [0.2, 0.25) is 0 Å². The van der Waals surface area contributed by atoms with E-state index in [-0.39, 0.29) is 17.3 Å². The Morgan fingerprint density at radius 3 is 2.60 bits per heavy atom. The minimum atomic E-state index is -3.01. The number of alkyl halides is 2. The van der Waals surface area contributed by atoms with Crippen molar-refractivity contribution in [3.05, 3.63) is 24.3 Å². The van der Waals surface area contributed by atoms with Gasteiger partial charge in [0.1, 0.15) is 11.2 Å². The molecule has 0 fully saturated rings. The molecule has 8 heteroatoms. The summed E-state index contributed by atoms with van der Waals surface area (Å²) in [7, 11) is 0. The highest BCUT2D eigenvalue weighted by Crippen LogP contribution is 2.27. The van der Waals surface area contributed by atoms with Crippen molar-refractivity contribution >= 4 is 17.4 Å². The quantitative estimate of drug-likeness (QED) is 0.334. The Kier molecular flexibility index (Phi) is 4.84. The van der Waals surface area contributed by atoms with Crippen LogP contribution in [0.25, 0.3) is 0 Å². The third-order valence-electron chi connectivity index (χ3n) is 2.67. The first-order valence-corrected chi connectivity index (χ1v) is 5.62. The first kappa shape index (κ1) is 15.7. The van der Waals surface area contributed by atoms with Gasteiger partial charge in [-0.1, -0.05) is 17.3 Å². The van der Waals surface area contributed by atoms with E-state index in [2.05, 4.69) is 15.2 Å². The lowest BCUT2D eigenvalue weighted by Crippen LogP contribution is -2.42. The number of ether oxygens (including phenoxy) is 1. The van der Waals surface area contributed by atoms with Gasteiger partial charge in [0.05, 0.1) is 5.69 Å². The molecule has 0 saturated carbocycles. The van der Waals surface area contributed by atoms with Crippen LogP contribution in [-0.4, -0.2) is 23.6 Å². The van der Waals surface area contributed by atoms with E-state index < -0.39 is 17.9 Å². The molecule has 0 bridgehead atoms. The summed E-state index contributed by atoms with van der Waals surface area (Å²) in [5, 5.41) is 13.8. The first-order chi connectivity index (χ1) is 9.28. The predicted molar refractivity (Wildman–Crippen MR) is 68.9 cm³/mol. The number of amides is 1. The van der Waals surface area contributed by atoms with Crippen LogP contribution in [0.4, 0.5) is 14.5 Å². The molecule has 0 unspecified atom stereocenters. The molecule has 0 heterocycles. The number of oxime groups is 1. The minimum absolute atomic E-state index is 0.0663. The molecule has 4 N–H and O–H groups in total. The van der Waals surface area contributed by atoms with Gasteiger partial charge in [-0.3, -0.25) is 4.79 Å². The predicted octanol–water partition coefficient (Wildman–Crippen LogP) is 2.00. The molecule has 1 rings (SSSR count). The zero-order valence-electron chi connectivity index (χ0n) is 10.9. The van der Waals surface area contributed by atoms with Crippen LogP contribution < -0.4 is 15.8 Å². The van der Waals surface area contributed by atoms with Gasteiger partial charge in [0, 0.05) is 0 Å². The highest BCUT2D eigenvalue weighted by Gasteiger charge is 2.33. The number of halogens is 2. The molecule has 0 aliphatic heterocycles. The SMILES string of the molecule is CC(C)(C(=O)Nc1ccccc1OC(F)F)C(N)=NO. The molecule has 1 aromatic rings. The normalized spacial score (nSPS) is 12.3. The monoisotopic (exact) mass is 287 g/mol. The van der Waals surface area contributed by atoms with Crippen LogP contribution >= 0.6 is 0 Å². The summed E-state index contributed by atoms with van der Waals surface area (Å²) in [5.41, 5.74) is 4.17. The summed E-state index contributed by atoms with van der Waals surface area (Å²) >= 11 is 0. The molecule has 0 atom stereocenters. The summed E-state index contributed by atoms with van der Waals surface area (Å²) in [4.78, 5) is 12.0. The van der Waals surface area contributed by atoms with Gasteiger partial charge in [-0.2, -0.15) is 8.78 Å². The highest BCUT2D eigenvalue weighted by atomic mass is 19.3. The number of nitrogens with zero attached hydrogens (tertiary/aromatic N) is 1. The van der Waals surface area contributed by atoms with Crippen LogP contribution in [0.1, 0.15) is 13.8 Å². The molecule has 0 aliphatic carbocycles. The summed E-state index contributed by atoms with van der Waals surface area (Å²) in [6.45, 7) is -0.160. The Hall–Kier alpha value is -2.38. The summed E-state index contributed by atoms with van der Waals surface area (Å²) in [6.07, 6.45) is 0. The Morgan fingerprint density at radius 2 is 2.05 bits per heavy atom. The number of rotatable bonds is 5. The molecular formula is C12H15F2N3O3. The van der Waals surface area contributed by atoms with E-state index in [0.29, 0.717) is 0 Å². The van der Waals surface area contributed by atoms with Gasteiger partial charge in [0.2, 0.25) is 5.91 Å². The second-order valence-electron chi connectivity index (χ2n) is 4.44. The molecule has 110 valence electrons. The van der Waals surface area contributed by atoms with Crippen molar-refractivity contribution in [3.63, 3.8) is 0 Å². The number of anilines is 1. The maximum Gasteiger partial charge on any atom is 0.387 e. The van der Waals surface area contributed by atoms with E-state index in [1.54, 1.807) is 6.07 Å². The van der Waals surface area contributed by atoms with Gasteiger partial charge in [-0.15, -0.1) is 0 Å².